The molecule has 1 aromatic rings. The lowest BCUT2D eigenvalue weighted by atomic mass is 10.1. The summed E-state index contributed by atoms with van der Waals surface area (Å²) >= 11 is 0. The van der Waals surface area contributed by atoms with Crippen molar-refractivity contribution >= 4 is 5.97 Å². The van der Waals surface area contributed by atoms with Crippen LogP contribution in [0.1, 0.15) is 11.1 Å². The van der Waals surface area contributed by atoms with E-state index in [0.29, 0.717) is 16.9 Å². The van der Waals surface area contributed by atoms with Gasteiger partial charge in [-0.3, -0.25) is 4.79 Å². The molecule has 0 unspecified atom stereocenters. The molecule has 0 aliphatic heterocycles. The predicted octanol–water partition coefficient (Wildman–Crippen LogP) is 1.28. The van der Waals surface area contributed by atoms with E-state index in [0.717, 1.165) is 0 Å². The van der Waals surface area contributed by atoms with E-state index in [1.807, 2.05) is 6.07 Å². The highest BCUT2D eigenvalue weighted by Crippen LogP contribution is 2.23. The Morgan fingerprint density at radius 1 is 1.47 bits per heavy atom. The number of methoxy groups -OCH3 is 2. The molecular weight excluding hydrogens is 194 g/mol. The van der Waals surface area contributed by atoms with Crippen molar-refractivity contribution in [2.24, 2.45) is 0 Å². The van der Waals surface area contributed by atoms with Gasteiger partial charge in [0.2, 0.25) is 0 Å². The molecule has 1 rings (SSSR count). The largest absolute Gasteiger partial charge is 0.495 e. The summed E-state index contributed by atoms with van der Waals surface area (Å²) < 4.78 is 9.63. The monoisotopic (exact) mass is 205 g/mol. The van der Waals surface area contributed by atoms with E-state index >= 15 is 0 Å². The van der Waals surface area contributed by atoms with Gasteiger partial charge in [-0.05, 0) is 6.07 Å². The third-order valence-corrected chi connectivity index (χ3v) is 1.98. The quantitative estimate of drug-likeness (QED) is 0.697. The minimum Gasteiger partial charge on any atom is -0.495 e. The topological polar surface area (TPSA) is 59.3 Å². The van der Waals surface area contributed by atoms with Gasteiger partial charge in [-0.25, -0.2) is 0 Å². The van der Waals surface area contributed by atoms with Crippen LogP contribution in [0.5, 0.6) is 5.75 Å². The maximum atomic E-state index is 11.1. The van der Waals surface area contributed by atoms with Crippen molar-refractivity contribution in [2.75, 3.05) is 14.2 Å². The summed E-state index contributed by atoms with van der Waals surface area (Å²) in [5, 5.41) is 8.82. The minimum absolute atomic E-state index is 0.106. The van der Waals surface area contributed by atoms with Crippen LogP contribution in [0.2, 0.25) is 0 Å². The van der Waals surface area contributed by atoms with Gasteiger partial charge in [-0.2, -0.15) is 5.26 Å². The normalized spacial score (nSPS) is 9.13. The van der Waals surface area contributed by atoms with E-state index in [2.05, 4.69) is 4.74 Å². The molecule has 4 heteroatoms. The van der Waals surface area contributed by atoms with Crippen LogP contribution in [0.3, 0.4) is 0 Å². The number of para-hydroxylation sites is 1. The Morgan fingerprint density at radius 2 is 2.20 bits per heavy atom. The second-order valence-corrected chi connectivity index (χ2v) is 2.86. The van der Waals surface area contributed by atoms with Crippen molar-refractivity contribution in [3.8, 4) is 11.8 Å². The van der Waals surface area contributed by atoms with Crippen molar-refractivity contribution in [2.45, 2.75) is 6.42 Å². The Balaban J connectivity index is 3.07. The molecule has 0 bridgehead atoms. The first-order valence-electron chi connectivity index (χ1n) is 4.35. The molecule has 78 valence electrons. The molecule has 0 aliphatic rings. The highest BCUT2D eigenvalue weighted by molar-refractivity contribution is 5.74. The fourth-order valence-corrected chi connectivity index (χ4v) is 1.28. The summed E-state index contributed by atoms with van der Waals surface area (Å²) in [7, 11) is 2.79. The standard InChI is InChI=1S/C11H11NO3/c1-14-10(13)6-8-4-3-5-9(7-12)11(8)15-2/h3-5H,6H2,1-2H3. The van der Waals surface area contributed by atoms with Crippen LogP contribution in [0.25, 0.3) is 0 Å². The number of ether oxygens (including phenoxy) is 2. The van der Waals surface area contributed by atoms with Crippen molar-refractivity contribution in [1.82, 2.24) is 0 Å². The second kappa shape index (κ2) is 5.01. The maximum Gasteiger partial charge on any atom is 0.310 e. The molecule has 0 saturated carbocycles. The molecule has 0 saturated heterocycles. The lowest BCUT2D eigenvalue weighted by Crippen LogP contribution is -2.06. The zero-order valence-electron chi connectivity index (χ0n) is 8.61. The zero-order chi connectivity index (χ0) is 11.3. The van der Waals surface area contributed by atoms with Gasteiger partial charge in [0.25, 0.3) is 0 Å². The van der Waals surface area contributed by atoms with E-state index in [9.17, 15) is 4.79 Å². The van der Waals surface area contributed by atoms with Crippen molar-refractivity contribution < 1.29 is 14.3 Å². The van der Waals surface area contributed by atoms with Crippen LogP contribution in [0, 0.1) is 11.3 Å². The number of rotatable bonds is 3. The molecule has 15 heavy (non-hydrogen) atoms. The molecule has 0 amide bonds. The van der Waals surface area contributed by atoms with Crippen LogP contribution in [-0.4, -0.2) is 20.2 Å². The predicted molar refractivity (Wildman–Crippen MR) is 53.4 cm³/mol. The second-order valence-electron chi connectivity index (χ2n) is 2.86. The summed E-state index contributed by atoms with van der Waals surface area (Å²) in [5.41, 5.74) is 1.07. The molecule has 0 aliphatic carbocycles. The first-order chi connectivity index (χ1) is 7.22. The van der Waals surface area contributed by atoms with Crippen molar-refractivity contribution in [3.05, 3.63) is 29.3 Å². The first-order valence-corrected chi connectivity index (χ1v) is 4.35. The third kappa shape index (κ3) is 2.47. The molecule has 0 heterocycles. The number of nitrogens with zero attached hydrogens (tertiary/aromatic N) is 1. The Hall–Kier alpha value is -2.02. The van der Waals surface area contributed by atoms with Gasteiger partial charge in [0.15, 0.2) is 0 Å². The molecule has 1 aromatic carbocycles. The Bertz CT molecular complexity index is 407. The van der Waals surface area contributed by atoms with Gasteiger partial charge in [0.05, 0.1) is 26.2 Å². The zero-order valence-corrected chi connectivity index (χ0v) is 8.61. The highest BCUT2D eigenvalue weighted by Gasteiger charge is 2.11. The third-order valence-electron chi connectivity index (χ3n) is 1.98. The van der Waals surface area contributed by atoms with Crippen LogP contribution in [0.15, 0.2) is 18.2 Å². The van der Waals surface area contributed by atoms with E-state index in [1.165, 1.54) is 14.2 Å². The Kier molecular flexibility index (Phi) is 3.69. The number of hydrogen-bond acceptors (Lipinski definition) is 4. The maximum absolute atomic E-state index is 11.1. The van der Waals surface area contributed by atoms with Crippen LogP contribution >= 0.6 is 0 Å². The molecule has 0 aromatic heterocycles. The first kappa shape index (κ1) is 11.1. The molecule has 0 radical (unpaired) electrons. The van der Waals surface area contributed by atoms with E-state index in [4.69, 9.17) is 10.00 Å². The van der Waals surface area contributed by atoms with Gasteiger partial charge in [0.1, 0.15) is 11.8 Å². The lowest BCUT2D eigenvalue weighted by Gasteiger charge is -2.08. The van der Waals surface area contributed by atoms with E-state index < -0.39 is 0 Å². The van der Waals surface area contributed by atoms with Crippen molar-refractivity contribution in [3.63, 3.8) is 0 Å². The number of benzene rings is 1. The summed E-state index contributed by atoms with van der Waals surface area (Å²) in [6.45, 7) is 0. The molecule has 4 nitrogen and oxygen atoms in total. The average Bonchev–Trinajstić information content (AvgIpc) is 2.28. The Labute approximate surface area is 88.0 Å². The van der Waals surface area contributed by atoms with E-state index in [-0.39, 0.29) is 12.4 Å². The van der Waals surface area contributed by atoms with Crippen LogP contribution in [0.4, 0.5) is 0 Å². The summed E-state index contributed by atoms with van der Waals surface area (Å²) in [6.07, 6.45) is 0.106. The average molecular weight is 205 g/mol. The Morgan fingerprint density at radius 3 is 2.73 bits per heavy atom. The summed E-state index contributed by atoms with van der Waals surface area (Å²) in [5.74, 6) is 0.0776. The summed E-state index contributed by atoms with van der Waals surface area (Å²) in [4.78, 5) is 11.1. The smallest absolute Gasteiger partial charge is 0.310 e. The fraction of sp³-hybridized carbons (Fsp3) is 0.273. The number of carbonyl (C=O) groups excluding carboxylic acids is 1. The minimum atomic E-state index is -0.358. The molecular formula is C11H11NO3. The number of carbonyl (C=O) groups is 1. The number of hydrogen-bond donors (Lipinski definition) is 0. The number of esters is 1. The van der Waals surface area contributed by atoms with Crippen molar-refractivity contribution in [1.29, 1.82) is 5.26 Å². The van der Waals surface area contributed by atoms with Crippen LogP contribution in [-0.2, 0) is 16.0 Å². The molecule has 0 N–H and O–H groups in total. The van der Waals surface area contributed by atoms with Gasteiger partial charge in [-0.1, -0.05) is 12.1 Å². The van der Waals surface area contributed by atoms with Gasteiger partial charge in [-0.15, -0.1) is 0 Å². The highest BCUT2D eigenvalue weighted by atomic mass is 16.5. The lowest BCUT2D eigenvalue weighted by molar-refractivity contribution is -0.139. The van der Waals surface area contributed by atoms with Gasteiger partial charge >= 0.3 is 5.97 Å². The van der Waals surface area contributed by atoms with E-state index in [1.54, 1.807) is 18.2 Å². The SMILES string of the molecule is COC(=O)Cc1cccc(C#N)c1OC. The summed E-state index contributed by atoms with van der Waals surface area (Å²) in [6, 6.07) is 7.08. The molecule has 0 fully saturated rings. The van der Waals surface area contributed by atoms with Gasteiger partial charge < -0.3 is 9.47 Å². The fourth-order valence-electron chi connectivity index (χ4n) is 1.28. The number of nitriles is 1. The molecule has 0 spiro atoms. The van der Waals surface area contributed by atoms with Crippen LogP contribution < -0.4 is 4.74 Å². The molecule has 0 atom stereocenters. The van der Waals surface area contributed by atoms with Gasteiger partial charge in [0, 0.05) is 5.56 Å².